The fourth-order valence-electron chi connectivity index (χ4n) is 5.53. The normalized spacial score (nSPS) is 41.3. The first-order valence-electron chi connectivity index (χ1n) is 8.02. The Morgan fingerprint density at radius 3 is 2.11 bits per heavy atom. The van der Waals surface area contributed by atoms with Crippen molar-refractivity contribution in [2.24, 2.45) is 28.9 Å². The average Bonchev–Trinajstić information content (AvgIpc) is 2.34. The minimum absolute atomic E-state index is 0.137. The lowest BCUT2D eigenvalue weighted by Gasteiger charge is -2.57. The first-order chi connectivity index (χ1) is 9.01. The lowest BCUT2D eigenvalue weighted by atomic mass is 9.48. The van der Waals surface area contributed by atoms with E-state index in [9.17, 15) is 4.79 Å². The van der Waals surface area contributed by atoms with E-state index in [4.69, 9.17) is 5.73 Å². The SMILES string of the molecule is CCN(C)C(=O)C(N)CC12CC3CC(CC(C3)C1)C2. The lowest BCUT2D eigenvalue weighted by Crippen LogP contribution is -2.51. The zero-order chi connectivity index (χ0) is 13.6. The maximum atomic E-state index is 12.2. The minimum atomic E-state index is -0.277. The summed E-state index contributed by atoms with van der Waals surface area (Å²) >= 11 is 0. The van der Waals surface area contributed by atoms with E-state index in [0.717, 1.165) is 30.7 Å². The third-order valence-electron chi connectivity index (χ3n) is 5.99. The fraction of sp³-hybridized carbons (Fsp3) is 0.938. The molecule has 0 aromatic rings. The zero-order valence-corrected chi connectivity index (χ0v) is 12.4. The van der Waals surface area contributed by atoms with E-state index in [-0.39, 0.29) is 11.9 Å². The van der Waals surface area contributed by atoms with Crippen LogP contribution in [-0.4, -0.2) is 30.4 Å². The third kappa shape index (κ3) is 2.42. The first kappa shape index (κ1) is 13.4. The molecule has 0 saturated heterocycles. The Hall–Kier alpha value is -0.570. The monoisotopic (exact) mass is 264 g/mol. The Morgan fingerprint density at radius 2 is 1.68 bits per heavy atom. The second-order valence-electron chi connectivity index (χ2n) is 7.58. The van der Waals surface area contributed by atoms with Crippen LogP contribution in [0.2, 0.25) is 0 Å². The van der Waals surface area contributed by atoms with Crippen molar-refractivity contribution >= 4 is 5.91 Å². The quantitative estimate of drug-likeness (QED) is 0.847. The van der Waals surface area contributed by atoms with E-state index in [2.05, 4.69) is 0 Å². The summed E-state index contributed by atoms with van der Waals surface area (Å²) in [5.74, 6) is 2.96. The predicted molar refractivity (Wildman–Crippen MR) is 76.5 cm³/mol. The van der Waals surface area contributed by atoms with Crippen molar-refractivity contribution in [1.29, 1.82) is 0 Å². The van der Waals surface area contributed by atoms with Crippen LogP contribution in [0.5, 0.6) is 0 Å². The van der Waals surface area contributed by atoms with Gasteiger partial charge in [-0.1, -0.05) is 0 Å². The highest BCUT2D eigenvalue weighted by Crippen LogP contribution is 2.61. The molecule has 19 heavy (non-hydrogen) atoms. The van der Waals surface area contributed by atoms with Gasteiger partial charge in [0.25, 0.3) is 0 Å². The van der Waals surface area contributed by atoms with Gasteiger partial charge in [0.15, 0.2) is 0 Å². The third-order valence-corrected chi connectivity index (χ3v) is 5.99. The fourth-order valence-corrected chi connectivity index (χ4v) is 5.53. The molecule has 4 aliphatic rings. The summed E-state index contributed by atoms with van der Waals surface area (Å²) < 4.78 is 0. The van der Waals surface area contributed by atoms with Crippen molar-refractivity contribution in [2.75, 3.05) is 13.6 Å². The molecule has 0 aliphatic heterocycles. The van der Waals surface area contributed by atoms with Gasteiger partial charge in [0.05, 0.1) is 6.04 Å². The molecule has 3 nitrogen and oxygen atoms in total. The number of hydrogen-bond acceptors (Lipinski definition) is 2. The summed E-state index contributed by atoms with van der Waals surface area (Å²) in [5, 5.41) is 0. The molecule has 0 aromatic heterocycles. The van der Waals surface area contributed by atoms with Gasteiger partial charge in [-0.2, -0.15) is 0 Å². The number of likely N-dealkylation sites (N-methyl/N-ethyl adjacent to an activating group) is 1. The molecular weight excluding hydrogens is 236 g/mol. The number of hydrogen-bond donors (Lipinski definition) is 1. The van der Waals surface area contributed by atoms with Gasteiger partial charge in [-0.15, -0.1) is 0 Å². The minimum Gasteiger partial charge on any atom is -0.345 e. The van der Waals surface area contributed by atoms with Gasteiger partial charge in [0.2, 0.25) is 5.91 Å². The van der Waals surface area contributed by atoms with Crippen molar-refractivity contribution < 1.29 is 4.79 Å². The maximum absolute atomic E-state index is 12.2. The number of nitrogens with two attached hydrogens (primary N) is 1. The van der Waals surface area contributed by atoms with Crippen LogP contribution in [0, 0.1) is 23.2 Å². The smallest absolute Gasteiger partial charge is 0.239 e. The summed E-state index contributed by atoms with van der Waals surface area (Å²) in [6.07, 6.45) is 9.33. The van der Waals surface area contributed by atoms with Crippen molar-refractivity contribution in [3.63, 3.8) is 0 Å². The molecule has 0 spiro atoms. The molecule has 4 saturated carbocycles. The van der Waals surface area contributed by atoms with Crippen molar-refractivity contribution in [2.45, 2.75) is 57.9 Å². The number of amides is 1. The van der Waals surface area contributed by atoms with E-state index >= 15 is 0 Å². The Bertz CT molecular complexity index is 330. The van der Waals surface area contributed by atoms with Crippen LogP contribution in [0.3, 0.4) is 0 Å². The van der Waals surface area contributed by atoms with Gasteiger partial charge < -0.3 is 10.6 Å². The van der Waals surface area contributed by atoms with E-state index in [1.165, 1.54) is 38.5 Å². The van der Waals surface area contributed by atoms with Crippen LogP contribution in [0.1, 0.15) is 51.9 Å². The number of nitrogens with zero attached hydrogens (tertiary/aromatic N) is 1. The van der Waals surface area contributed by atoms with Crippen LogP contribution in [0.25, 0.3) is 0 Å². The van der Waals surface area contributed by atoms with Gasteiger partial charge in [-0.3, -0.25) is 4.79 Å². The second-order valence-corrected chi connectivity index (χ2v) is 7.58. The molecule has 108 valence electrons. The number of rotatable bonds is 4. The van der Waals surface area contributed by atoms with Crippen molar-refractivity contribution in [3.05, 3.63) is 0 Å². The van der Waals surface area contributed by atoms with E-state index in [1.54, 1.807) is 4.90 Å². The standard InChI is InChI=1S/C16H28N2O/c1-3-18(2)15(19)14(17)10-16-7-11-4-12(8-16)6-13(5-11)9-16/h11-14H,3-10,17H2,1-2H3. The Kier molecular flexibility index (Phi) is 3.36. The van der Waals surface area contributed by atoms with Gasteiger partial charge in [0.1, 0.15) is 0 Å². The molecule has 1 amide bonds. The summed E-state index contributed by atoms with van der Waals surface area (Å²) in [4.78, 5) is 14.0. The Labute approximate surface area is 116 Å². The van der Waals surface area contributed by atoms with E-state index in [1.807, 2.05) is 14.0 Å². The van der Waals surface area contributed by atoms with Crippen molar-refractivity contribution in [1.82, 2.24) is 4.90 Å². The molecule has 4 bridgehead atoms. The summed E-state index contributed by atoms with van der Waals surface area (Å²) in [7, 11) is 1.86. The maximum Gasteiger partial charge on any atom is 0.239 e. The molecule has 3 heteroatoms. The van der Waals surface area contributed by atoms with Crippen LogP contribution >= 0.6 is 0 Å². The Balaban J connectivity index is 1.67. The van der Waals surface area contributed by atoms with Crippen LogP contribution < -0.4 is 5.73 Å². The topological polar surface area (TPSA) is 46.3 Å². The molecule has 2 N–H and O–H groups in total. The molecular formula is C16H28N2O. The number of carbonyl (C=O) groups is 1. The van der Waals surface area contributed by atoms with E-state index < -0.39 is 0 Å². The zero-order valence-electron chi connectivity index (χ0n) is 12.4. The molecule has 1 atom stereocenters. The lowest BCUT2D eigenvalue weighted by molar-refractivity contribution is -0.133. The highest BCUT2D eigenvalue weighted by molar-refractivity contribution is 5.81. The second kappa shape index (κ2) is 4.76. The summed E-state index contributed by atoms with van der Waals surface area (Å²) in [5.41, 5.74) is 6.64. The van der Waals surface area contributed by atoms with Crippen LogP contribution in [0.4, 0.5) is 0 Å². The average molecular weight is 264 g/mol. The van der Waals surface area contributed by atoms with Crippen molar-refractivity contribution in [3.8, 4) is 0 Å². The molecule has 0 aromatic carbocycles. The highest BCUT2D eigenvalue weighted by Gasteiger charge is 2.51. The number of carbonyl (C=O) groups excluding carboxylic acids is 1. The highest BCUT2D eigenvalue weighted by atomic mass is 16.2. The van der Waals surface area contributed by atoms with Gasteiger partial charge in [-0.25, -0.2) is 0 Å². The van der Waals surface area contributed by atoms with Gasteiger partial charge >= 0.3 is 0 Å². The largest absolute Gasteiger partial charge is 0.345 e. The molecule has 4 fully saturated rings. The van der Waals surface area contributed by atoms with Gasteiger partial charge in [0, 0.05) is 13.6 Å². The summed E-state index contributed by atoms with van der Waals surface area (Å²) in [6.45, 7) is 2.77. The molecule has 0 radical (unpaired) electrons. The first-order valence-corrected chi connectivity index (χ1v) is 8.02. The van der Waals surface area contributed by atoms with Crippen LogP contribution in [0.15, 0.2) is 0 Å². The molecule has 0 heterocycles. The molecule has 4 rings (SSSR count). The van der Waals surface area contributed by atoms with E-state index in [0.29, 0.717) is 5.41 Å². The molecule has 1 unspecified atom stereocenters. The summed E-state index contributed by atoms with van der Waals surface area (Å²) in [6, 6.07) is -0.277. The molecule has 4 aliphatic carbocycles. The van der Waals surface area contributed by atoms with Gasteiger partial charge in [-0.05, 0) is 75.0 Å². The predicted octanol–water partition coefficient (Wildman–Crippen LogP) is 2.40. The Morgan fingerprint density at radius 1 is 1.21 bits per heavy atom. The van der Waals surface area contributed by atoms with Crippen LogP contribution in [-0.2, 0) is 4.79 Å².